The van der Waals surface area contributed by atoms with Gasteiger partial charge in [-0.2, -0.15) is 0 Å². The monoisotopic (exact) mass is 391 g/mol. The van der Waals surface area contributed by atoms with Crippen molar-refractivity contribution >= 4 is 46.3 Å². The number of halogens is 1. The van der Waals surface area contributed by atoms with Gasteiger partial charge in [0.05, 0.1) is 15.6 Å². The summed E-state index contributed by atoms with van der Waals surface area (Å²) in [5.74, 6) is -0.978. The number of anilines is 1. The highest BCUT2D eigenvalue weighted by Gasteiger charge is 2.30. The molecular weight excluding hydrogens is 374 g/mol. The van der Waals surface area contributed by atoms with E-state index in [9.17, 15) is 14.4 Å². The summed E-state index contributed by atoms with van der Waals surface area (Å²) >= 11 is 6.97. The zero-order valence-corrected chi connectivity index (χ0v) is 15.8. The minimum Gasteiger partial charge on any atom is -0.456 e. The standard InChI is InChI=1S/C19H18ClNO4S/c1-12-10-13-4-2-3-5-14(13)21(12)18(23)11-25-19(24)9-6-15(22)16-7-8-17(20)26-16/h2-5,7-8,12H,6,9-11H2,1H3. The Morgan fingerprint density at radius 1 is 1.19 bits per heavy atom. The van der Waals surface area contributed by atoms with Crippen molar-refractivity contribution in [3.8, 4) is 0 Å². The Hall–Kier alpha value is -2.18. The number of ether oxygens (including phenoxy) is 1. The molecule has 2 heterocycles. The fourth-order valence-electron chi connectivity index (χ4n) is 3.03. The van der Waals surface area contributed by atoms with Crippen LogP contribution in [-0.2, 0) is 20.7 Å². The van der Waals surface area contributed by atoms with E-state index in [-0.39, 0.29) is 37.2 Å². The van der Waals surface area contributed by atoms with Gasteiger partial charge in [0.25, 0.3) is 5.91 Å². The van der Waals surface area contributed by atoms with Gasteiger partial charge in [-0.15, -0.1) is 11.3 Å². The number of nitrogens with zero attached hydrogens (tertiary/aromatic N) is 1. The van der Waals surface area contributed by atoms with Crippen LogP contribution in [0.1, 0.15) is 35.0 Å². The van der Waals surface area contributed by atoms with Crippen LogP contribution >= 0.6 is 22.9 Å². The molecule has 0 radical (unpaired) electrons. The van der Waals surface area contributed by atoms with Gasteiger partial charge in [0.15, 0.2) is 12.4 Å². The Balaban J connectivity index is 1.49. The summed E-state index contributed by atoms with van der Waals surface area (Å²) < 4.78 is 5.60. The van der Waals surface area contributed by atoms with Crippen molar-refractivity contribution < 1.29 is 19.1 Å². The highest BCUT2D eigenvalue weighted by molar-refractivity contribution is 7.18. The van der Waals surface area contributed by atoms with E-state index in [0.717, 1.165) is 17.7 Å². The summed E-state index contributed by atoms with van der Waals surface area (Å²) in [5, 5.41) is 0. The molecule has 0 bridgehead atoms. The molecule has 0 spiro atoms. The van der Waals surface area contributed by atoms with Crippen LogP contribution in [0.5, 0.6) is 0 Å². The number of hydrogen-bond donors (Lipinski definition) is 0. The summed E-state index contributed by atoms with van der Waals surface area (Å²) in [6, 6.07) is 11.0. The number of hydrogen-bond acceptors (Lipinski definition) is 5. The molecule has 2 aromatic rings. The molecule has 5 nitrogen and oxygen atoms in total. The molecule has 0 saturated carbocycles. The summed E-state index contributed by atoms with van der Waals surface area (Å²) in [6.45, 7) is 1.64. The molecule has 0 fully saturated rings. The first-order valence-electron chi connectivity index (χ1n) is 8.30. The zero-order chi connectivity index (χ0) is 18.7. The first-order valence-corrected chi connectivity index (χ1v) is 9.49. The summed E-state index contributed by atoms with van der Waals surface area (Å²) in [4.78, 5) is 38.5. The number of rotatable bonds is 6. The quantitative estimate of drug-likeness (QED) is 0.553. The smallest absolute Gasteiger partial charge is 0.306 e. The Morgan fingerprint density at radius 3 is 2.69 bits per heavy atom. The molecule has 3 rings (SSSR count). The number of amides is 1. The van der Waals surface area contributed by atoms with Gasteiger partial charge in [-0.05, 0) is 37.1 Å². The number of esters is 1. The second-order valence-electron chi connectivity index (χ2n) is 6.13. The number of thiophene rings is 1. The maximum absolute atomic E-state index is 12.5. The predicted octanol–water partition coefficient (Wildman–Crippen LogP) is 3.89. The first-order chi connectivity index (χ1) is 12.5. The largest absolute Gasteiger partial charge is 0.456 e. The van der Waals surface area contributed by atoms with Crippen LogP contribution in [-0.4, -0.2) is 30.3 Å². The highest BCUT2D eigenvalue weighted by Crippen LogP contribution is 2.31. The molecule has 1 aliphatic rings. The third kappa shape index (κ3) is 4.14. The average molecular weight is 392 g/mol. The van der Waals surface area contributed by atoms with Crippen molar-refractivity contribution in [1.29, 1.82) is 0 Å². The minimum absolute atomic E-state index is 0.0313. The number of fused-ring (bicyclic) bond motifs is 1. The number of benzene rings is 1. The van der Waals surface area contributed by atoms with Crippen molar-refractivity contribution in [2.24, 2.45) is 0 Å². The Labute approximate surface area is 160 Å². The minimum atomic E-state index is -0.561. The van der Waals surface area contributed by atoms with Crippen LogP contribution in [0.4, 0.5) is 5.69 Å². The Bertz CT molecular complexity index is 848. The van der Waals surface area contributed by atoms with Crippen LogP contribution in [0.3, 0.4) is 0 Å². The molecule has 1 atom stereocenters. The lowest BCUT2D eigenvalue weighted by Crippen LogP contribution is -2.38. The van der Waals surface area contributed by atoms with E-state index in [1.165, 1.54) is 11.3 Å². The number of para-hydroxylation sites is 1. The number of ketones is 1. The van der Waals surface area contributed by atoms with E-state index in [0.29, 0.717) is 9.21 Å². The molecule has 1 amide bonds. The third-order valence-corrected chi connectivity index (χ3v) is 5.51. The summed E-state index contributed by atoms with van der Waals surface area (Å²) in [7, 11) is 0. The zero-order valence-electron chi connectivity index (χ0n) is 14.2. The number of carbonyl (C=O) groups excluding carboxylic acids is 3. The van der Waals surface area contributed by atoms with Gasteiger partial charge in [0, 0.05) is 18.2 Å². The van der Waals surface area contributed by atoms with Crippen molar-refractivity contribution in [1.82, 2.24) is 0 Å². The molecule has 1 aromatic carbocycles. The maximum Gasteiger partial charge on any atom is 0.306 e. The molecule has 1 aromatic heterocycles. The molecular formula is C19H18ClNO4S. The molecule has 1 aliphatic heterocycles. The summed E-state index contributed by atoms with van der Waals surface area (Å²) in [6.07, 6.45) is 0.758. The SMILES string of the molecule is CC1Cc2ccccc2N1C(=O)COC(=O)CCC(=O)c1ccc(Cl)s1. The van der Waals surface area contributed by atoms with E-state index in [4.69, 9.17) is 16.3 Å². The molecule has 0 saturated heterocycles. The number of carbonyl (C=O) groups is 3. The second kappa shape index (κ2) is 8.01. The maximum atomic E-state index is 12.5. The molecule has 1 unspecified atom stereocenters. The van der Waals surface area contributed by atoms with Crippen LogP contribution in [0.15, 0.2) is 36.4 Å². The molecule has 0 N–H and O–H groups in total. The molecule has 26 heavy (non-hydrogen) atoms. The molecule has 7 heteroatoms. The van der Waals surface area contributed by atoms with Gasteiger partial charge in [-0.1, -0.05) is 29.8 Å². The van der Waals surface area contributed by atoms with E-state index >= 15 is 0 Å². The van der Waals surface area contributed by atoms with Crippen LogP contribution in [0.25, 0.3) is 0 Å². The van der Waals surface area contributed by atoms with Crippen molar-refractivity contribution in [2.45, 2.75) is 32.2 Å². The summed E-state index contributed by atoms with van der Waals surface area (Å²) in [5.41, 5.74) is 1.98. The Kier molecular flexibility index (Phi) is 5.74. The fraction of sp³-hybridized carbons (Fsp3) is 0.316. The van der Waals surface area contributed by atoms with Crippen LogP contribution < -0.4 is 4.90 Å². The van der Waals surface area contributed by atoms with E-state index < -0.39 is 5.97 Å². The van der Waals surface area contributed by atoms with Gasteiger partial charge >= 0.3 is 5.97 Å². The van der Waals surface area contributed by atoms with Crippen LogP contribution in [0, 0.1) is 0 Å². The normalized spacial score (nSPS) is 15.6. The second-order valence-corrected chi connectivity index (χ2v) is 7.85. The highest BCUT2D eigenvalue weighted by atomic mass is 35.5. The van der Waals surface area contributed by atoms with Crippen LogP contribution in [0.2, 0.25) is 4.34 Å². The topological polar surface area (TPSA) is 63.7 Å². The van der Waals surface area contributed by atoms with Gasteiger partial charge in [-0.25, -0.2) is 0 Å². The lowest BCUT2D eigenvalue weighted by Gasteiger charge is -2.22. The lowest BCUT2D eigenvalue weighted by molar-refractivity contribution is -0.147. The first kappa shape index (κ1) is 18.6. The van der Waals surface area contributed by atoms with Crippen molar-refractivity contribution in [2.75, 3.05) is 11.5 Å². The van der Waals surface area contributed by atoms with Gasteiger partial charge in [-0.3, -0.25) is 14.4 Å². The lowest BCUT2D eigenvalue weighted by atomic mass is 10.1. The Morgan fingerprint density at radius 2 is 1.96 bits per heavy atom. The van der Waals surface area contributed by atoms with Crippen molar-refractivity contribution in [3.05, 3.63) is 51.2 Å². The molecule has 136 valence electrons. The van der Waals surface area contributed by atoms with Gasteiger partial charge in [0.1, 0.15) is 0 Å². The predicted molar refractivity (Wildman–Crippen MR) is 101 cm³/mol. The number of Topliss-reactive ketones (excluding diaryl/α,β-unsaturated/α-hetero) is 1. The van der Waals surface area contributed by atoms with E-state index in [1.807, 2.05) is 31.2 Å². The van der Waals surface area contributed by atoms with Gasteiger partial charge < -0.3 is 9.64 Å². The third-order valence-electron chi connectivity index (χ3n) is 4.24. The van der Waals surface area contributed by atoms with E-state index in [2.05, 4.69) is 0 Å². The van der Waals surface area contributed by atoms with Gasteiger partial charge in [0.2, 0.25) is 0 Å². The van der Waals surface area contributed by atoms with Crippen molar-refractivity contribution in [3.63, 3.8) is 0 Å². The molecule has 0 aliphatic carbocycles. The van der Waals surface area contributed by atoms with E-state index in [1.54, 1.807) is 17.0 Å². The average Bonchev–Trinajstić information content (AvgIpc) is 3.20. The fourth-order valence-corrected chi connectivity index (χ4v) is 4.04.